The Morgan fingerprint density at radius 1 is 0.361 bits per heavy atom. The van der Waals surface area contributed by atoms with Gasteiger partial charge in [0.15, 0.2) is 0 Å². The van der Waals surface area contributed by atoms with Crippen LogP contribution in [0.25, 0.3) is 93.6 Å². The highest BCUT2D eigenvalue weighted by molar-refractivity contribution is 6.19. The molecule has 3 nitrogen and oxygen atoms in total. The van der Waals surface area contributed by atoms with Crippen LogP contribution in [0.3, 0.4) is 0 Å². The number of anilines is 3. The molecule has 286 valence electrons. The number of hydrogen-bond donors (Lipinski definition) is 0. The maximum Gasteiger partial charge on any atom is 0.143 e. The summed E-state index contributed by atoms with van der Waals surface area (Å²) in [6.45, 7) is 0. The molecule has 0 saturated heterocycles. The Balaban J connectivity index is 1.05. The molecule has 3 heteroatoms. The van der Waals surface area contributed by atoms with Gasteiger partial charge in [-0.1, -0.05) is 164 Å². The lowest BCUT2D eigenvalue weighted by Crippen LogP contribution is -2.11. The molecule has 0 amide bonds. The third-order valence-corrected chi connectivity index (χ3v) is 12.2. The van der Waals surface area contributed by atoms with E-state index in [1.165, 1.54) is 38.3 Å². The number of hydrogen-bond acceptors (Lipinski definition) is 2. The molecule has 2 aromatic heterocycles. The van der Waals surface area contributed by atoms with Crippen molar-refractivity contribution in [3.8, 4) is 39.1 Å². The van der Waals surface area contributed by atoms with Crippen molar-refractivity contribution < 1.29 is 4.42 Å². The van der Waals surface area contributed by atoms with E-state index < -0.39 is 0 Å². The number of furan rings is 1. The largest absolute Gasteiger partial charge is 0.455 e. The molecule has 12 rings (SSSR count). The van der Waals surface area contributed by atoms with Crippen molar-refractivity contribution in [3.05, 3.63) is 231 Å². The van der Waals surface area contributed by atoms with E-state index in [1.54, 1.807) is 0 Å². The van der Waals surface area contributed by atoms with Gasteiger partial charge in [-0.25, -0.2) is 0 Å². The standard InChI is InChI=1S/C58H38N2O/c1-3-15-39(16-4-1)40-29-33-45(34-30-40)59(46-21-13-18-42(37-46)48-25-14-28-56-57(48)52-36-31-41-17-7-8-23-49(41)58(52)61-56)53-26-11-9-22-47(53)43-32-35-51-50-24-10-12-27-54(50)60(55(51)38-43)44-19-5-2-6-20-44/h1-38H. The van der Waals surface area contributed by atoms with E-state index in [1.807, 2.05) is 0 Å². The molecular formula is C58H38N2O. The molecule has 0 aliphatic carbocycles. The first kappa shape index (κ1) is 34.9. The second-order valence-electron chi connectivity index (χ2n) is 15.7. The Kier molecular flexibility index (Phi) is 8.17. The topological polar surface area (TPSA) is 21.3 Å². The molecule has 0 fully saturated rings. The van der Waals surface area contributed by atoms with Crippen LogP contribution >= 0.6 is 0 Å². The van der Waals surface area contributed by atoms with Crippen molar-refractivity contribution in [1.82, 2.24) is 4.57 Å². The van der Waals surface area contributed by atoms with Gasteiger partial charge in [0.2, 0.25) is 0 Å². The molecule has 0 unspecified atom stereocenters. The van der Waals surface area contributed by atoms with Gasteiger partial charge < -0.3 is 13.9 Å². The van der Waals surface area contributed by atoms with Gasteiger partial charge in [0.25, 0.3) is 0 Å². The van der Waals surface area contributed by atoms with E-state index >= 15 is 0 Å². The predicted molar refractivity (Wildman–Crippen MR) is 257 cm³/mol. The number of fused-ring (bicyclic) bond motifs is 8. The van der Waals surface area contributed by atoms with Crippen molar-refractivity contribution in [2.45, 2.75) is 0 Å². The first-order chi connectivity index (χ1) is 30.3. The highest BCUT2D eigenvalue weighted by atomic mass is 16.3. The van der Waals surface area contributed by atoms with Crippen molar-refractivity contribution in [2.24, 2.45) is 0 Å². The Morgan fingerprint density at radius 2 is 0.984 bits per heavy atom. The molecule has 0 aliphatic heterocycles. The molecular weight excluding hydrogens is 741 g/mol. The average Bonchev–Trinajstić information content (AvgIpc) is 3.89. The summed E-state index contributed by atoms with van der Waals surface area (Å²) in [5.74, 6) is 0. The van der Waals surface area contributed by atoms with E-state index in [0.717, 1.165) is 72.3 Å². The molecule has 0 atom stereocenters. The highest BCUT2D eigenvalue weighted by Gasteiger charge is 2.21. The van der Waals surface area contributed by atoms with Crippen LogP contribution in [0, 0.1) is 0 Å². The quantitative estimate of drug-likeness (QED) is 0.161. The number of aromatic nitrogens is 1. The van der Waals surface area contributed by atoms with E-state index in [4.69, 9.17) is 4.42 Å². The molecule has 0 N–H and O–H groups in total. The lowest BCUT2D eigenvalue weighted by atomic mass is 9.97. The lowest BCUT2D eigenvalue weighted by molar-refractivity contribution is 0.673. The van der Waals surface area contributed by atoms with E-state index in [-0.39, 0.29) is 0 Å². The summed E-state index contributed by atoms with van der Waals surface area (Å²) >= 11 is 0. The summed E-state index contributed by atoms with van der Waals surface area (Å²) in [6, 6.07) is 82.9. The Bertz CT molecular complexity index is 3580. The minimum atomic E-state index is 0.885. The van der Waals surface area contributed by atoms with E-state index in [2.05, 4.69) is 240 Å². The van der Waals surface area contributed by atoms with Crippen LogP contribution < -0.4 is 4.90 Å². The Hall–Kier alpha value is -8.14. The van der Waals surface area contributed by atoms with Crippen LogP contribution in [-0.4, -0.2) is 4.57 Å². The van der Waals surface area contributed by atoms with Crippen LogP contribution in [0.2, 0.25) is 0 Å². The summed E-state index contributed by atoms with van der Waals surface area (Å²) in [5, 5.41) is 7.02. The normalized spacial score (nSPS) is 11.6. The molecule has 10 aromatic carbocycles. The van der Waals surface area contributed by atoms with E-state index in [0.29, 0.717) is 0 Å². The van der Waals surface area contributed by atoms with Crippen molar-refractivity contribution in [2.75, 3.05) is 4.90 Å². The Labute approximate surface area is 353 Å². The first-order valence-electron chi connectivity index (χ1n) is 20.8. The second-order valence-corrected chi connectivity index (χ2v) is 15.7. The van der Waals surface area contributed by atoms with Crippen LogP contribution in [-0.2, 0) is 0 Å². The van der Waals surface area contributed by atoms with Gasteiger partial charge in [0.05, 0.1) is 16.7 Å². The monoisotopic (exact) mass is 778 g/mol. The Morgan fingerprint density at radius 3 is 1.85 bits per heavy atom. The van der Waals surface area contributed by atoms with E-state index in [9.17, 15) is 0 Å². The van der Waals surface area contributed by atoms with Gasteiger partial charge in [-0.05, 0) is 99.9 Å². The lowest BCUT2D eigenvalue weighted by Gasteiger charge is -2.28. The molecule has 0 radical (unpaired) electrons. The first-order valence-corrected chi connectivity index (χ1v) is 20.8. The number of benzene rings is 10. The molecule has 12 aromatic rings. The maximum atomic E-state index is 6.63. The van der Waals surface area contributed by atoms with Crippen molar-refractivity contribution >= 4 is 71.6 Å². The molecule has 0 aliphatic rings. The minimum Gasteiger partial charge on any atom is -0.455 e. The van der Waals surface area contributed by atoms with Gasteiger partial charge in [0, 0.05) is 49.6 Å². The fourth-order valence-corrected chi connectivity index (χ4v) is 9.37. The summed E-state index contributed by atoms with van der Waals surface area (Å²) < 4.78 is 9.02. The zero-order valence-corrected chi connectivity index (χ0v) is 33.2. The fraction of sp³-hybridized carbons (Fsp3) is 0. The van der Waals surface area contributed by atoms with Gasteiger partial charge >= 0.3 is 0 Å². The van der Waals surface area contributed by atoms with Crippen LogP contribution in [0.4, 0.5) is 17.1 Å². The second kappa shape index (κ2) is 14.3. The van der Waals surface area contributed by atoms with Gasteiger partial charge in [-0.3, -0.25) is 0 Å². The average molecular weight is 779 g/mol. The molecule has 61 heavy (non-hydrogen) atoms. The van der Waals surface area contributed by atoms with Crippen molar-refractivity contribution in [1.29, 1.82) is 0 Å². The molecule has 0 saturated carbocycles. The number of nitrogens with zero attached hydrogens (tertiary/aromatic N) is 2. The van der Waals surface area contributed by atoms with Crippen LogP contribution in [0.5, 0.6) is 0 Å². The van der Waals surface area contributed by atoms with Crippen LogP contribution in [0.15, 0.2) is 235 Å². The minimum absolute atomic E-state index is 0.885. The zero-order valence-electron chi connectivity index (χ0n) is 33.2. The molecule has 0 spiro atoms. The summed E-state index contributed by atoms with van der Waals surface area (Å²) in [7, 11) is 0. The SMILES string of the molecule is c1ccc(-c2ccc(N(c3cccc(-c4cccc5oc6c7ccccc7ccc6c45)c3)c3ccccc3-c3ccc4c5ccccc5n(-c5ccccc5)c4c3)cc2)cc1. The van der Waals surface area contributed by atoms with Crippen molar-refractivity contribution in [3.63, 3.8) is 0 Å². The smallest absolute Gasteiger partial charge is 0.143 e. The van der Waals surface area contributed by atoms with Crippen LogP contribution in [0.1, 0.15) is 0 Å². The van der Waals surface area contributed by atoms with Gasteiger partial charge in [-0.15, -0.1) is 0 Å². The molecule has 0 bridgehead atoms. The number of para-hydroxylation sites is 3. The number of rotatable bonds is 7. The third-order valence-electron chi connectivity index (χ3n) is 12.2. The van der Waals surface area contributed by atoms with Gasteiger partial charge in [-0.2, -0.15) is 0 Å². The molecule has 2 heterocycles. The summed E-state index contributed by atoms with van der Waals surface area (Å²) in [6.07, 6.45) is 0. The summed E-state index contributed by atoms with van der Waals surface area (Å²) in [4.78, 5) is 2.41. The van der Waals surface area contributed by atoms with Gasteiger partial charge in [0.1, 0.15) is 11.2 Å². The highest BCUT2D eigenvalue weighted by Crippen LogP contribution is 2.45. The maximum absolute atomic E-state index is 6.63. The third kappa shape index (κ3) is 5.82. The predicted octanol–water partition coefficient (Wildman–Crippen LogP) is 16.3. The zero-order chi connectivity index (χ0) is 40.3. The fourth-order valence-electron chi connectivity index (χ4n) is 9.37. The summed E-state index contributed by atoms with van der Waals surface area (Å²) in [5.41, 5.74) is 15.5.